The van der Waals surface area contributed by atoms with Crippen LogP contribution in [0.2, 0.25) is 0 Å². The molecule has 3 saturated heterocycles. The Morgan fingerprint density at radius 3 is 2.26 bits per heavy atom. The Balaban J connectivity index is 1.13. The van der Waals surface area contributed by atoms with Crippen LogP contribution in [0, 0.1) is 5.41 Å². The van der Waals surface area contributed by atoms with Gasteiger partial charge in [-0.2, -0.15) is 0 Å². The average Bonchev–Trinajstić information content (AvgIpc) is 2.85. The molecular formula is C24H33N5O2. The summed E-state index contributed by atoms with van der Waals surface area (Å²) in [6.45, 7) is 5.98. The van der Waals surface area contributed by atoms with Crippen molar-refractivity contribution >= 4 is 11.6 Å². The van der Waals surface area contributed by atoms with Gasteiger partial charge in [-0.05, 0) is 62.1 Å². The third-order valence-electron chi connectivity index (χ3n) is 7.19. The molecule has 7 nitrogen and oxygen atoms in total. The standard InChI is InChI=1S/C24H33N5O2/c1-18-30-22(31-19-1)3-2-20-4-13-26-23(27-20)29-16-9-24(10-17-29)7-14-28(15-8-24)21-5-11-25-12-6-21/h4-6,11-13,22H,1-3,7-10,14-19H2. The topological polar surface area (TPSA) is 63.6 Å². The van der Waals surface area contributed by atoms with Gasteiger partial charge in [0.1, 0.15) is 0 Å². The van der Waals surface area contributed by atoms with Crippen molar-refractivity contribution in [2.24, 2.45) is 5.41 Å². The van der Waals surface area contributed by atoms with Crippen LogP contribution in [0.3, 0.4) is 0 Å². The number of hydrogen-bond donors (Lipinski definition) is 0. The van der Waals surface area contributed by atoms with E-state index in [0.717, 1.165) is 70.3 Å². The van der Waals surface area contributed by atoms with Crippen LogP contribution >= 0.6 is 0 Å². The first-order valence-corrected chi connectivity index (χ1v) is 11.7. The molecule has 3 fully saturated rings. The molecule has 5 rings (SSSR count). The second kappa shape index (κ2) is 9.49. The molecule has 0 atom stereocenters. The van der Waals surface area contributed by atoms with Crippen LogP contribution in [-0.2, 0) is 15.9 Å². The minimum absolute atomic E-state index is 0.0833. The Morgan fingerprint density at radius 1 is 0.871 bits per heavy atom. The first-order chi connectivity index (χ1) is 15.3. The van der Waals surface area contributed by atoms with E-state index in [0.29, 0.717) is 5.41 Å². The summed E-state index contributed by atoms with van der Waals surface area (Å²) in [5.74, 6) is 0.882. The largest absolute Gasteiger partial charge is 0.371 e. The average molecular weight is 424 g/mol. The minimum atomic E-state index is -0.0833. The maximum atomic E-state index is 5.66. The molecule has 0 bridgehead atoms. The molecule has 2 aromatic heterocycles. The van der Waals surface area contributed by atoms with Crippen molar-refractivity contribution in [2.45, 2.75) is 51.2 Å². The summed E-state index contributed by atoms with van der Waals surface area (Å²) >= 11 is 0. The van der Waals surface area contributed by atoms with E-state index in [1.165, 1.54) is 31.4 Å². The molecule has 7 heteroatoms. The predicted molar refractivity (Wildman–Crippen MR) is 120 cm³/mol. The fraction of sp³-hybridized carbons (Fsp3) is 0.625. The third kappa shape index (κ3) is 4.99. The van der Waals surface area contributed by atoms with E-state index in [-0.39, 0.29) is 6.29 Å². The Bertz CT molecular complexity index is 825. The Labute approximate surface area is 184 Å². The lowest BCUT2D eigenvalue weighted by molar-refractivity contribution is -0.180. The molecule has 166 valence electrons. The van der Waals surface area contributed by atoms with Gasteiger partial charge >= 0.3 is 0 Å². The van der Waals surface area contributed by atoms with Crippen molar-refractivity contribution in [3.05, 3.63) is 42.5 Å². The van der Waals surface area contributed by atoms with Gasteiger partial charge in [0.2, 0.25) is 5.95 Å². The monoisotopic (exact) mass is 423 g/mol. The number of nitrogens with zero attached hydrogens (tertiary/aromatic N) is 5. The maximum absolute atomic E-state index is 5.66. The number of aromatic nitrogens is 3. The normalized spacial score (nSPS) is 22.1. The lowest BCUT2D eigenvalue weighted by atomic mass is 9.71. The van der Waals surface area contributed by atoms with Crippen LogP contribution in [-0.4, -0.2) is 60.6 Å². The van der Waals surface area contributed by atoms with Crippen molar-refractivity contribution in [2.75, 3.05) is 49.2 Å². The highest BCUT2D eigenvalue weighted by molar-refractivity contribution is 5.45. The van der Waals surface area contributed by atoms with Crippen LogP contribution in [0.5, 0.6) is 0 Å². The van der Waals surface area contributed by atoms with Crippen molar-refractivity contribution < 1.29 is 9.47 Å². The summed E-state index contributed by atoms with van der Waals surface area (Å²) in [6, 6.07) is 6.27. The highest BCUT2D eigenvalue weighted by Gasteiger charge is 2.38. The lowest BCUT2D eigenvalue weighted by Crippen LogP contribution is -2.47. The van der Waals surface area contributed by atoms with E-state index in [2.05, 4.69) is 31.9 Å². The molecule has 1 spiro atoms. The van der Waals surface area contributed by atoms with E-state index in [4.69, 9.17) is 14.5 Å². The van der Waals surface area contributed by atoms with E-state index < -0.39 is 0 Å². The number of aryl methyl sites for hydroxylation is 1. The van der Waals surface area contributed by atoms with Gasteiger partial charge in [-0.3, -0.25) is 4.98 Å². The highest BCUT2D eigenvalue weighted by atomic mass is 16.7. The molecule has 31 heavy (non-hydrogen) atoms. The Morgan fingerprint density at radius 2 is 1.55 bits per heavy atom. The summed E-state index contributed by atoms with van der Waals surface area (Å²) in [4.78, 5) is 18.5. The maximum Gasteiger partial charge on any atom is 0.225 e. The van der Waals surface area contributed by atoms with Crippen LogP contribution in [0.4, 0.5) is 11.6 Å². The fourth-order valence-corrected chi connectivity index (χ4v) is 5.12. The van der Waals surface area contributed by atoms with Gasteiger partial charge in [0, 0.05) is 62.6 Å². The molecule has 0 unspecified atom stereocenters. The van der Waals surface area contributed by atoms with Gasteiger partial charge in [-0.1, -0.05) is 0 Å². The molecule has 0 aromatic carbocycles. The van der Waals surface area contributed by atoms with E-state index in [1.54, 1.807) is 0 Å². The molecule has 3 aliphatic heterocycles. The minimum Gasteiger partial charge on any atom is -0.371 e. The second-order valence-corrected chi connectivity index (χ2v) is 9.09. The SMILES string of the molecule is c1cc(N2CCC3(CC2)CCN(c2nccc(CCC4OCCCO4)n2)CC3)ccn1. The number of piperidine rings is 2. The number of pyridine rings is 1. The second-order valence-electron chi connectivity index (χ2n) is 9.09. The molecule has 0 N–H and O–H groups in total. The van der Waals surface area contributed by atoms with Gasteiger partial charge in [0.15, 0.2) is 6.29 Å². The van der Waals surface area contributed by atoms with E-state index in [9.17, 15) is 0 Å². The zero-order chi connectivity index (χ0) is 20.9. The summed E-state index contributed by atoms with van der Waals surface area (Å²) in [7, 11) is 0. The van der Waals surface area contributed by atoms with Crippen molar-refractivity contribution in [3.8, 4) is 0 Å². The molecule has 0 amide bonds. The summed E-state index contributed by atoms with van der Waals surface area (Å²) < 4.78 is 11.3. The third-order valence-corrected chi connectivity index (χ3v) is 7.19. The molecule has 0 saturated carbocycles. The van der Waals surface area contributed by atoms with E-state index in [1.807, 2.05) is 24.7 Å². The van der Waals surface area contributed by atoms with Gasteiger partial charge in [0.05, 0.1) is 13.2 Å². The van der Waals surface area contributed by atoms with Crippen molar-refractivity contribution in [1.82, 2.24) is 15.0 Å². The predicted octanol–water partition coefficient (Wildman–Crippen LogP) is 3.45. The molecular weight excluding hydrogens is 390 g/mol. The van der Waals surface area contributed by atoms with Crippen molar-refractivity contribution in [3.63, 3.8) is 0 Å². The van der Waals surface area contributed by atoms with E-state index >= 15 is 0 Å². The summed E-state index contributed by atoms with van der Waals surface area (Å²) in [5.41, 5.74) is 2.86. The first-order valence-electron chi connectivity index (χ1n) is 11.7. The molecule has 0 radical (unpaired) electrons. The zero-order valence-electron chi connectivity index (χ0n) is 18.3. The quantitative estimate of drug-likeness (QED) is 0.730. The van der Waals surface area contributed by atoms with Crippen molar-refractivity contribution in [1.29, 1.82) is 0 Å². The Kier molecular flexibility index (Phi) is 6.32. The van der Waals surface area contributed by atoms with Crippen LogP contribution in [0.1, 0.15) is 44.2 Å². The number of hydrogen-bond acceptors (Lipinski definition) is 7. The van der Waals surface area contributed by atoms with Crippen LogP contribution < -0.4 is 9.80 Å². The fourth-order valence-electron chi connectivity index (χ4n) is 5.12. The zero-order valence-corrected chi connectivity index (χ0v) is 18.3. The van der Waals surface area contributed by atoms with Gasteiger partial charge in [-0.15, -0.1) is 0 Å². The highest BCUT2D eigenvalue weighted by Crippen LogP contribution is 2.42. The molecule has 0 aliphatic carbocycles. The molecule has 3 aliphatic rings. The van der Waals surface area contributed by atoms with Gasteiger partial charge < -0.3 is 19.3 Å². The smallest absolute Gasteiger partial charge is 0.225 e. The summed E-state index contributed by atoms with van der Waals surface area (Å²) in [6.07, 6.45) is 13.3. The van der Waals surface area contributed by atoms with Crippen LogP contribution in [0.25, 0.3) is 0 Å². The number of rotatable bonds is 5. The Hall–Kier alpha value is -2.25. The number of anilines is 2. The van der Waals surface area contributed by atoms with Crippen LogP contribution in [0.15, 0.2) is 36.8 Å². The van der Waals surface area contributed by atoms with Gasteiger partial charge in [-0.25, -0.2) is 9.97 Å². The number of ether oxygens (including phenoxy) is 2. The van der Waals surface area contributed by atoms with Gasteiger partial charge in [0.25, 0.3) is 0 Å². The first kappa shape index (κ1) is 20.6. The molecule has 2 aromatic rings. The molecule has 5 heterocycles. The summed E-state index contributed by atoms with van der Waals surface area (Å²) in [5, 5.41) is 0. The lowest BCUT2D eigenvalue weighted by Gasteiger charge is -2.47.